The molecule has 1 aliphatic rings. The molecule has 0 amide bonds. The van der Waals surface area contributed by atoms with Gasteiger partial charge in [0.05, 0.1) is 0 Å². The van der Waals surface area contributed by atoms with E-state index in [2.05, 4.69) is 19.9 Å². The highest BCUT2D eigenvalue weighted by atomic mass is 14.5. The van der Waals surface area contributed by atoms with Crippen molar-refractivity contribution in [1.29, 1.82) is 0 Å². The van der Waals surface area contributed by atoms with Crippen LogP contribution in [0.2, 0.25) is 0 Å². The van der Waals surface area contributed by atoms with Crippen molar-refractivity contribution in [3.8, 4) is 0 Å². The zero-order valence-electron chi connectivity index (χ0n) is 6.22. The van der Waals surface area contributed by atoms with Gasteiger partial charge in [0.25, 0.3) is 0 Å². The molecule has 1 heteroatoms. The van der Waals surface area contributed by atoms with Crippen LogP contribution in [0.1, 0.15) is 20.3 Å². The molecule has 0 aliphatic heterocycles. The second-order valence-electron chi connectivity index (χ2n) is 2.99. The van der Waals surface area contributed by atoms with E-state index in [9.17, 15) is 0 Å². The molecule has 0 radical (unpaired) electrons. The average Bonchev–Trinajstić information content (AvgIpc) is 2.47. The van der Waals surface area contributed by atoms with Crippen molar-refractivity contribution >= 4 is 0 Å². The van der Waals surface area contributed by atoms with Crippen LogP contribution in [0.5, 0.6) is 0 Å². The molecule has 0 aromatic carbocycles. The Balaban J connectivity index is 2.14. The Morgan fingerprint density at radius 3 is 2.67 bits per heavy atom. The van der Waals surface area contributed by atoms with E-state index in [4.69, 9.17) is 5.73 Å². The Hall–Kier alpha value is -0.300. The second kappa shape index (κ2) is 2.53. The number of hydrogen-bond donors (Lipinski definition) is 1. The lowest BCUT2D eigenvalue weighted by Crippen LogP contribution is -2.08. The van der Waals surface area contributed by atoms with Crippen LogP contribution in [-0.4, -0.2) is 6.54 Å². The smallest absolute Gasteiger partial charge is 0.000310 e. The van der Waals surface area contributed by atoms with E-state index in [-0.39, 0.29) is 0 Å². The predicted molar refractivity (Wildman–Crippen MR) is 40.1 cm³/mol. The van der Waals surface area contributed by atoms with Gasteiger partial charge in [0, 0.05) is 5.92 Å². The largest absolute Gasteiger partial charge is 0.330 e. The minimum atomic E-state index is 0.787. The summed E-state index contributed by atoms with van der Waals surface area (Å²) in [4.78, 5) is 0. The van der Waals surface area contributed by atoms with Gasteiger partial charge in [0.2, 0.25) is 0 Å². The molecule has 0 aromatic rings. The lowest BCUT2D eigenvalue weighted by atomic mass is 9.99. The predicted octanol–water partition coefficient (Wildman–Crippen LogP) is 1.55. The average molecular weight is 125 g/mol. The zero-order chi connectivity index (χ0) is 6.85. The monoisotopic (exact) mass is 125 g/mol. The van der Waals surface area contributed by atoms with Crippen LogP contribution in [0.4, 0.5) is 0 Å². The van der Waals surface area contributed by atoms with Gasteiger partial charge in [-0.15, -0.1) is 0 Å². The zero-order valence-corrected chi connectivity index (χ0v) is 6.22. The van der Waals surface area contributed by atoms with Gasteiger partial charge < -0.3 is 5.73 Å². The second-order valence-corrected chi connectivity index (χ2v) is 2.99. The van der Waals surface area contributed by atoms with E-state index >= 15 is 0 Å². The molecule has 52 valence electrons. The lowest BCUT2D eigenvalue weighted by molar-refractivity contribution is 0.495. The van der Waals surface area contributed by atoms with Gasteiger partial charge in [0.1, 0.15) is 0 Å². The topological polar surface area (TPSA) is 26.0 Å². The summed E-state index contributed by atoms with van der Waals surface area (Å²) >= 11 is 0. The number of allylic oxidation sites excluding steroid dienone is 2. The number of hydrogen-bond acceptors (Lipinski definition) is 1. The third-order valence-electron chi connectivity index (χ3n) is 2.09. The molecule has 1 aliphatic carbocycles. The molecule has 0 bridgehead atoms. The summed E-state index contributed by atoms with van der Waals surface area (Å²) in [6.07, 6.45) is 3.48. The van der Waals surface area contributed by atoms with E-state index < -0.39 is 0 Å². The minimum Gasteiger partial charge on any atom is -0.330 e. The normalized spacial score (nSPS) is 27.4. The third-order valence-corrected chi connectivity index (χ3v) is 2.09. The highest BCUT2D eigenvalue weighted by Gasteiger charge is 2.25. The Kier molecular flexibility index (Phi) is 1.91. The van der Waals surface area contributed by atoms with E-state index in [0.717, 1.165) is 18.4 Å². The summed E-state index contributed by atoms with van der Waals surface area (Å²) in [5.74, 6) is 1.59. The SMILES string of the molecule is CC1=CC1C(C)CCN. The maximum Gasteiger partial charge on any atom is 0.000310 e. The Morgan fingerprint density at radius 1 is 1.78 bits per heavy atom. The standard InChI is InChI=1S/C8H15N/c1-6(3-4-9)8-5-7(8)2/h5-6,8H,3-4,9H2,1-2H3. The van der Waals surface area contributed by atoms with Gasteiger partial charge in [-0.1, -0.05) is 18.6 Å². The van der Waals surface area contributed by atoms with E-state index in [1.807, 2.05) is 0 Å². The van der Waals surface area contributed by atoms with Crippen LogP contribution in [0, 0.1) is 11.8 Å². The molecule has 2 N–H and O–H groups in total. The molecule has 1 nitrogen and oxygen atoms in total. The minimum absolute atomic E-state index is 0.787. The summed E-state index contributed by atoms with van der Waals surface area (Å²) in [5.41, 5.74) is 6.97. The molecule has 2 unspecified atom stereocenters. The summed E-state index contributed by atoms with van der Waals surface area (Å²) in [5, 5.41) is 0. The van der Waals surface area contributed by atoms with E-state index in [1.54, 1.807) is 5.57 Å². The molecule has 0 aromatic heterocycles. The summed E-state index contributed by atoms with van der Waals surface area (Å²) in [7, 11) is 0. The van der Waals surface area contributed by atoms with Crippen LogP contribution >= 0.6 is 0 Å². The van der Waals surface area contributed by atoms with Crippen molar-refractivity contribution in [3.05, 3.63) is 11.6 Å². The molecule has 0 saturated carbocycles. The first-order valence-electron chi connectivity index (χ1n) is 3.64. The van der Waals surface area contributed by atoms with Crippen molar-refractivity contribution in [2.45, 2.75) is 20.3 Å². The van der Waals surface area contributed by atoms with E-state index in [0.29, 0.717) is 0 Å². The molecular weight excluding hydrogens is 110 g/mol. The summed E-state index contributed by atoms with van der Waals surface area (Å²) in [6.45, 7) is 5.29. The van der Waals surface area contributed by atoms with Crippen molar-refractivity contribution in [3.63, 3.8) is 0 Å². The van der Waals surface area contributed by atoms with Crippen LogP contribution in [-0.2, 0) is 0 Å². The van der Waals surface area contributed by atoms with Crippen molar-refractivity contribution in [2.75, 3.05) is 6.54 Å². The Bertz CT molecular complexity index is 127. The summed E-state index contributed by atoms with van der Waals surface area (Å²) < 4.78 is 0. The van der Waals surface area contributed by atoms with Crippen LogP contribution in [0.25, 0.3) is 0 Å². The van der Waals surface area contributed by atoms with Crippen LogP contribution in [0.3, 0.4) is 0 Å². The molecule has 0 saturated heterocycles. The van der Waals surface area contributed by atoms with Crippen molar-refractivity contribution in [2.24, 2.45) is 17.6 Å². The molecule has 0 fully saturated rings. The Morgan fingerprint density at radius 2 is 2.33 bits per heavy atom. The molecule has 0 heterocycles. The molecular formula is C8H15N. The first-order chi connectivity index (χ1) is 4.25. The fourth-order valence-electron chi connectivity index (χ4n) is 1.29. The van der Waals surface area contributed by atoms with Crippen molar-refractivity contribution in [1.82, 2.24) is 0 Å². The maximum atomic E-state index is 5.42. The molecule has 0 spiro atoms. The van der Waals surface area contributed by atoms with Gasteiger partial charge in [0.15, 0.2) is 0 Å². The third kappa shape index (κ3) is 1.55. The van der Waals surface area contributed by atoms with Gasteiger partial charge in [-0.25, -0.2) is 0 Å². The molecule has 2 atom stereocenters. The number of nitrogens with two attached hydrogens (primary N) is 1. The van der Waals surface area contributed by atoms with Gasteiger partial charge >= 0.3 is 0 Å². The fraction of sp³-hybridized carbons (Fsp3) is 0.750. The van der Waals surface area contributed by atoms with Crippen molar-refractivity contribution < 1.29 is 0 Å². The Labute approximate surface area is 56.9 Å². The first-order valence-corrected chi connectivity index (χ1v) is 3.64. The highest BCUT2D eigenvalue weighted by molar-refractivity contribution is 5.27. The van der Waals surface area contributed by atoms with Gasteiger partial charge in [-0.2, -0.15) is 0 Å². The lowest BCUT2D eigenvalue weighted by Gasteiger charge is -2.07. The molecule has 1 rings (SSSR count). The fourth-order valence-corrected chi connectivity index (χ4v) is 1.29. The highest BCUT2D eigenvalue weighted by Crippen LogP contribution is 2.36. The van der Waals surface area contributed by atoms with Gasteiger partial charge in [-0.3, -0.25) is 0 Å². The molecule has 9 heavy (non-hydrogen) atoms. The summed E-state index contributed by atoms with van der Waals surface area (Å²) in [6, 6.07) is 0. The van der Waals surface area contributed by atoms with Gasteiger partial charge in [-0.05, 0) is 25.8 Å². The van der Waals surface area contributed by atoms with E-state index in [1.165, 1.54) is 6.42 Å². The maximum absolute atomic E-state index is 5.42. The number of rotatable bonds is 3. The first kappa shape index (κ1) is 6.81. The quantitative estimate of drug-likeness (QED) is 0.569. The van der Waals surface area contributed by atoms with Crippen LogP contribution < -0.4 is 5.73 Å². The van der Waals surface area contributed by atoms with Crippen LogP contribution in [0.15, 0.2) is 11.6 Å².